The standard InChI is InChI=1S/C19H16N6O3S2/c26-18(12-30-19-20-22-23-24(19)11-13-4-1-7-27-13)25-15(17-6-3-9-29-17)10-14(21-25)16-5-2-8-28-16/h1-9,15H,10-12H2. The van der Waals surface area contributed by atoms with Gasteiger partial charge in [-0.3, -0.25) is 4.79 Å². The summed E-state index contributed by atoms with van der Waals surface area (Å²) >= 11 is 2.88. The van der Waals surface area contributed by atoms with Crippen molar-refractivity contribution in [2.75, 3.05) is 5.75 Å². The molecular formula is C19H16N6O3S2. The second kappa shape index (κ2) is 8.28. The van der Waals surface area contributed by atoms with Gasteiger partial charge in [0.05, 0.1) is 24.3 Å². The SMILES string of the molecule is O=C(CSc1nnnn1Cc1ccco1)N1N=C(c2ccco2)CC1c1cccs1. The molecule has 0 saturated carbocycles. The van der Waals surface area contributed by atoms with Crippen LogP contribution in [-0.4, -0.2) is 42.6 Å². The van der Waals surface area contributed by atoms with Crippen LogP contribution >= 0.6 is 23.1 Å². The fourth-order valence-corrected chi connectivity index (χ4v) is 4.72. The molecule has 1 aliphatic heterocycles. The van der Waals surface area contributed by atoms with E-state index in [9.17, 15) is 4.79 Å². The van der Waals surface area contributed by atoms with Gasteiger partial charge in [-0.05, 0) is 46.1 Å². The van der Waals surface area contributed by atoms with E-state index in [1.54, 1.807) is 33.6 Å². The zero-order valence-electron chi connectivity index (χ0n) is 15.6. The molecular weight excluding hydrogens is 424 g/mol. The molecule has 9 nitrogen and oxygen atoms in total. The number of aromatic nitrogens is 4. The van der Waals surface area contributed by atoms with Crippen molar-refractivity contribution in [3.63, 3.8) is 0 Å². The molecule has 0 fully saturated rings. The van der Waals surface area contributed by atoms with Crippen LogP contribution in [0.4, 0.5) is 0 Å². The number of hydrogen-bond acceptors (Lipinski definition) is 9. The molecule has 1 unspecified atom stereocenters. The van der Waals surface area contributed by atoms with E-state index in [2.05, 4.69) is 20.6 Å². The number of thioether (sulfide) groups is 1. The van der Waals surface area contributed by atoms with Crippen molar-refractivity contribution >= 4 is 34.7 Å². The Kier molecular flexibility index (Phi) is 5.20. The van der Waals surface area contributed by atoms with Crippen LogP contribution < -0.4 is 0 Å². The number of rotatable bonds is 7. The summed E-state index contributed by atoms with van der Waals surface area (Å²) in [7, 11) is 0. The maximum Gasteiger partial charge on any atom is 0.253 e. The monoisotopic (exact) mass is 440 g/mol. The van der Waals surface area contributed by atoms with Crippen LogP contribution in [0.3, 0.4) is 0 Å². The van der Waals surface area contributed by atoms with Gasteiger partial charge in [0.2, 0.25) is 5.16 Å². The Morgan fingerprint density at radius 1 is 1.20 bits per heavy atom. The molecule has 1 atom stereocenters. The number of nitrogens with zero attached hydrogens (tertiary/aromatic N) is 6. The molecule has 1 amide bonds. The molecule has 152 valence electrons. The fourth-order valence-electron chi connectivity index (χ4n) is 3.18. The van der Waals surface area contributed by atoms with Gasteiger partial charge in [-0.15, -0.1) is 16.4 Å². The summed E-state index contributed by atoms with van der Waals surface area (Å²) in [4.78, 5) is 14.1. The molecule has 30 heavy (non-hydrogen) atoms. The topological polar surface area (TPSA) is 103 Å². The third-order valence-corrected chi connectivity index (χ3v) is 6.47. The quantitative estimate of drug-likeness (QED) is 0.406. The average molecular weight is 441 g/mol. The van der Waals surface area contributed by atoms with Crippen molar-refractivity contribution in [2.24, 2.45) is 5.10 Å². The Morgan fingerprint density at radius 2 is 2.10 bits per heavy atom. The fraction of sp³-hybridized carbons (Fsp3) is 0.211. The van der Waals surface area contributed by atoms with Gasteiger partial charge in [0.15, 0.2) is 0 Å². The molecule has 0 bridgehead atoms. The van der Waals surface area contributed by atoms with E-state index in [1.165, 1.54) is 11.8 Å². The number of carbonyl (C=O) groups excluding carboxylic acids is 1. The Morgan fingerprint density at radius 3 is 2.87 bits per heavy atom. The third-order valence-electron chi connectivity index (χ3n) is 4.55. The maximum absolute atomic E-state index is 13.1. The summed E-state index contributed by atoms with van der Waals surface area (Å²) in [6.07, 6.45) is 3.82. The molecule has 5 rings (SSSR count). The summed E-state index contributed by atoms with van der Waals surface area (Å²) in [6, 6.07) is 11.2. The molecule has 4 aromatic heterocycles. The lowest BCUT2D eigenvalue weighted by Gasteiger charge is -2.20. The first-order valence-corrected chi connectivity index (χ1v) is 11.0. The van der Waals surface area contributed by atoms with Crippen LogP contribution in [0.15, 0.2) is 73.4 Å². The Balaban J connectivity index is 1.31. The largest absolute Gasteiger partial charge is 0.467 e. The van der Waals surface area contributed by atoms with Crippen molar-refractivity contribution in [2.45, 2.75) is 24.2 Å². The smallest absolute Gasteiger partial charge is 0.253 e. The molecule has 0 saturated heterocycles. The molecule has 0 N–H and O–H groups in total. The maximum atomic E-state index is 13.1. The Labute approximate surface area is 179 Å². The first-order valence-electron chi connectivity index (χ1n) is 9.16. The van der Waals surface area contributed by atoms with E-state index in [1.807, 2.05) is 41.8 Å². The molecule has 1 aliphatic rings. The van der Waals surface area contributed by atoms with Crippen molar-refractivity contribution in [1.29, 1.82) is 0 Å². The van der Waals surface area contributed by atoms with Crippen LogP contribution in [0.5, 0.6) is 0 Å². The summed E-state index contributed by atoms with van der Waals surface area (Å²) in [5.74, 6) is 1.46. The summed E-state index contributed by atoms with van der Waals surface area (Å²) in [6.45, 7) is 0.402. The van der Waals surface area contributed by atoms with E-state index in [4.69, 9.17) is 8.83 Å². The van der Waals surface area contributed by atoms with Crippen LogP contribution in [0.25, 0.3) is 0 Å². The average Bonchev–Trinajstić information content (AvgIpc) is 3.57. The number of tetrazole rings is 1. The number of hydrogen-bond donors (Lipinski definition) is 0. The molecule has 4 aromatic rings. The van der Waals surface area contributed by atoms with Crippen molar-refractivity contribution < 1.29 is 13.6 Å². The highest BCUT2D eigenvalue weighted by molar-refractivity contribution is 7.99. The zero-order valence-corrected chi connectivity index (χ0v) is 17.3. The lowest BCUT2D eigenvalue weighted by Crippen LogP contribution is -2.28. The predicted molar refractivity (Wildman–Crippen MR) is 110 cm³/mol. The Bertz CT molecular complexity index is 1140. The van der Waals surface area contributed by atoms with Crippen LogP contribution in [0.1, 0.15) is 28.9 Å². The van der Waals surface area contributed by atoms with Gasteiger partial charge in [-0.25, -0.2) is 9.69 Å². The number of thiophene rings is 1. The number of carbonyl (C=O) groups is 1. The molecule has 5 heterocycles. The number of hydrazone groups is 1. The van der Waals surface area contributed by atoms with Gasteiger partial charge in [-0.2, -0.15) is 5.10 Å². The molecule has 0 aliphatic carbocycles. The highest BCUT2D eigenvalue weighted by Crippen LogP contribution is 2.35. The van der Waals surface area contributed by atoms with Crippen LogP contribution in [0.2, 0.25) is 0 Å². The molecule has 0 radical (unpaired) electrons. The van der Waals surface area contributed by atoms with Crippen molar-refractivity contribution in [3.8, 4) is 0 Å². The predicted octanol–water partition coefficient (Wildman–Crippen LogP) is 3.44. The summed E-state index contributed by atoms with van der Waals surface area (Å²) in [5.41, 5.74) is 0.763. The van der Waals surface area contributed by atoms with E-state index in [0.717, 1.165) is 16.3 Å². The van der Waals surface area contributed by atoms with Crippen LogP contribution in [0, 0.1) is 0 Å². The van der Waals surface area contributed by atoms with E-state index in [0.29, 0.717) is 23.9 Å². The Hall–Kier alpha value is -3.18. The number of amides is 1. The van der Waals surface area contributed by atoms with Gasteiger partial charge in [0.25, 0.3) is 5.91 Å². The third kappa shape index (κ3) is 3.81. The van der Waals surface area contributed by atoms with E-state index >= 15 is 0 Å². The van der Waals surface area contributed by atoms with Crippen LogP contribution in [-0.2, 0) is 11.3 Å². The molecule has 0 aromatic carbocycles. The highest BCUT2D eigenvalue weighted by Gasteiger charge is 2.34. The van der Waals surface area contributed by atoms with Gasteiger partial charge in [-0.1, -0.05) is 17.8 Å². The second-order valence-corrected chi connectivity index (χ2v) is 8.41. The summed E-state index contributed by atoms with van der Waals surface area (Å²) in [5, 5.41) is 20.4. The minimum atomic E-state index is -0.141. The minimum absolute atomic E-state index is 0.118. The number of furan rings is 2. The highest BCUT2D eigenvalue weighted by atomic mass is 32.2. The van der Waals surface area contributed by atoms with Gasteiger partial charge in [0.1, 0.15) is 23.8 Å². The van der Waals surface area contributed by atoms with Gasteiger partial charge >= 0.3 is 0 Å². The van der Waals surface area contributed by atoms with Crippen molar-refractivity contribution in [1.82, 2.24) is 25.2 Å². The van der Waals surface area contributed by atoms with Gasteiger partial charge < -0.3 is 8.83 Å². The summed E-state index contributed by atoms with van der Waals surface area (Å²) < 4.78 is 12.4. The second-order valence-electron chi connectivity index (χ2n) is 6.48. The van der Waals surface area contributed by atoms with E-state index in [-0.39, 0.29) is 17.7 Å². The van der Waals surface area contributed by atoms with Crippen molar-refractivity contribution in [3.05, 3.63) is 70.7 Å². The minimum Gasteiger partial charge on any atom is -0.467 e. The lowest BCUT2D eigenvalue weighted by atomic mass is 10.1. The lowest BCUT2D eigenvalue weighted by molar-refractivity contribution is -0.130. The van der Waals surface area contributed by atoms with Gasteiger partial charge in [0, 0.05) is 11.3 Å². The normalized spacial score (nSPS) is 16.2. The molecule has 0 spiro atoms. The zero-order chi connectivity index (χ0) is 20.3. The van der Waals surface area contributed by atoms with E-state index < -0.39 is 0 Å². The first kappa shape index (κ1) is 18.8. The first-order chi connectivity index (χ1) is 14.8. The molecule has 11 heteroatoms.